The molecule has 1 atom stereocenters. The molecule has 0 aliphatic carbocycles. The zero-order chi connectivity index (χ0) is 17.5. The topological polar surface area (TPSA) is 102 Å². The van der Waals surface area contributed by atoms with Gasteiger partial charge in [0.25, 0.3) is 5.91 Å². The van der Waals surface area contributed by atoms with Crippen molar-refractivity contribution in [3.05, 3.63) is 65.5 Å². The quantitative estimate of drug-likeness (QED) is 0.708. The summed E-state index contributed by atoms with van der Waals surface area (Å²) in [6.07, 6.45) is -1.01. The van der Waals surface area contributed by atoms with Crippen LogP contribution in [0, 0.1) is 5.82 Å². The average Bonchev–Trinajstić information content (AvgIpc) is 2.58. The summed E-state index contributed by atoms with van der Waals surface area (Å²) in [5.41, 5.74) is 5.83. The molecule has 0 heterocycles. The van der Waals surface area contributed by atoms with Gasteiger partial charge >= 0.3 is 0 Å². The molecular formula is C17H17FN2O4. The second-order valence-corrected chi connectivity index (χ2v) is 5.05. The van der Waals surface area contributed by atoms with Crippen LogP contribution in [0.3, 0.4) is 0 Å². The summed E-state index contributed by atoms with van der Waals surface area (Å²) in [5, 5.41) is 12.4. The molecule has 0 unspecified atom stereocenters. The number of rotatable bonds is 7. The molecule has 2 aromatic rings. The first-order valence-corrected chi connectivity index (χ1v) is 7.18. The number of carbonyl (C=O) groups is 2. The van der Waals surface area contributed by atoms with Gasteiger partial charge in [0.15, 0.2) is 6.61 Å². The first-order chi connectivity index (χ1) is 11.5. The molecule has 2 rings (SSSR count). The molecule has 0 saturated heterocycles. The number of primary amides is 1. The second-order valence-electron chi connectivity index (χ2n) is 5.05. The van der Waals surface area contributed by atoms with Crippen molar-refractivity contribution in [2.24, 2.45) is 5.73 Å². The summed E-state index contributed by atoms with van der Waals surface area (Å²) in [4.78, 5) is 22.6. The van der Waals surface area contributed by atoms with Crippen molar-refractivity contribution < 1.29 is 23.8 Å². The molecule has 0 fully saturated rings. The Kier molecular flexibility index (Phi) is 5.86. The Morgan fingerprint density at radius 2 is 1.92 bits per heavy atom. The van der Waals surface area contributed by atoms with Gasteiger partial charge in [0.05, 0.1) is 6.10 Å². The van der Waals surface area contributed by atoms with E-state index in [9.17, 15) is 19.1 Å². The van der Waals surface area contributed by atoms with E-state index in [4.69, 9.17) is 10.5 Å². The Morgan fingerprint density at radius 3 is 2.54 bits per heavy atom. The Hall–Kier alpha value is -2.93. The zero-order valence-corrected chi connectivity index (χ0v) is 12.7. The van der Waals surface area contributed by atoms with E-state index in [1.54, 1.807) is 6.07 Å². The predicted molar refractivity (Wildman–Crippen MR) is 84.8 cm³/mol. The molecule has 0 radical (unpaired) electrons. The lowest BCUT2D eigenvalue weighted by molar-refractivity contribution is -0.123. The van der Waals surface area contributed by atoms with Crippen molar-refractivity contribution in [3.63, 3.8) is 0 Å². The SMILES string of the molecule is NC(=O)c1ccc(OCC(=O)NC[C@@H](O)c2cccc(F)c2)cc1. The molecule has 126 valence electrons. The number of ether oxygens (including phenoxy) is 1. The highest BCUT2D eigenvalue weighted by molar-refractivity contribution is 5.92. The molecule has 0 aromatic heterocycles. The van der Waals surface area contributed by atoms with E-state index >= 15 is 0 Å². The number of hydrogen-bond donors (Lipinski definition) is 3. The second kappa shape index (κ2) is 8.07. The van der Waals surface area contributed by atoms with Gasteiger partial charge in [-0.3, -0.25) is 9.59 Å². The Labute approximate surface area is 138 Å². The standard InChI is InChI=1S/C17H17FN2O4/c18-13-3-1-2-12(8-13)15(21)9-20-16(22)10-24-14-6-4-11(5-7-14)17(19)23/h1-8,15,21H,9-10H2,(H2,19,23)(H,20,22)/t15-/m1/s1. The molecule has 4 N–H and O–H groups in total. The molecule has 0 aliphatic heterocycles. The van der Waals surface area contributed by atoms with Crippen LogP contribution in [0.25, 0.3) is 0 Å². The minimum Gasteiger partial charge on any atom is -0.484 e. The van der Waals surface area contributed by atoms with Gasteiger partial charge < -0.3 is 20.9 Å². The van der Waals surface area contributed by atoms with E-state index in [0.717, 1.165) is 0 Å². The maximum atomic E-state index is 13.1. The van der Waals surface area contributed by atoms with E-state index in [2.05, 4.69) is 5.32 Å². The monoisotopic (exact) mass is 332 g/mol. The van der Waals surface area contributed by atoms with Crippen LogP contribution in [0.15, 0.2) is 48.5 Å². The number of benzene rings is 2. The van der Waals surface area contributed by atoms with Gasteiger partial charge in [0.1, 0.15) is 11.6 Å². The van der Waals surface area contributed by atoms with Crippen LogP contribution < -0.4 is 15.8 Å². The van der Waals surface area contributed by atoms with Crippen LogP contribution in [-0.2, 0) is 4.79 Å². The van der Waals surface area contributed by atoms with Gasteiger partial charge in [-0.05, 0) is 42.0 Å². The van der Waals surface area contributed by atoms with Gasteiger partial charge in [-0.15, -0.1) is 0 Å². The number of halogens is 1. The third-order valence-electron chi connectivity index (χ3n) is 3.23. The third kappa shape index (κ3) is 5.06. The van der Waals surface area contributed by atoms with E-state index in [1.807, 2.05) is 0 Å². The fraction of sp³-hybridized carbons (Fsp3) is 0.176. The number of aliphatic hydroxyl groups is 1. The van der Waals surface area contributed by atoms with Crippen LogP contribution in [-0.4, -0.2) is 30.1 Å². The normalized spacial score (nSPS) is 11.6. The lowest BCUT2D eigenvalue weighted by Crippen LogP contribution is -2.32. The molecule has 0 aliphatic rings. The molecule has 0 spiro atoms. The van der Waals surface area contributed by atoms with Gasteiger partial charge in [-0.2, -0.15) is 0 Å². The van der Waals surface area contributed by atoms with Crippen LogP contribution >= 0.6 is 0 Å². The van der Waals surface area contributed by atoms with Crippen LogP contribution in [0.4, 0.5) is 4.39 Å². The summed E-state index contributed by atoms with van der Waals surface area (Å²) in [5.74, 6) is -1.04. The van der Waals surface area contributed by atoms with E-state index in [0.29, 0.717) is 16.9 Å². The van der Waals surface area contributed by atoms with Gasteiger partial charge in [-0.25, -0.2) is 4.39 Å². The minimum atomic E-state index is -1.01. The molecule has 24 heavy (non-hydrogen) atoms. The fourth-order valence-corrected chi connectivity index (χ4v) is 1.96. The molecule has 0 saturated carbocycles. The molecule has 7 heteroatoms. The number of aliphatic hydroxyl groups excluding tert-OH is 1. The van der Waals surface area contributed by atoms with E-state index < -0.39 is 23.7 Å². The van der Waals surface area contributed by atoms with Crippen molar-refractivity contribution in [2.75, 3.05) is 13.2 Å². The third-order valence-corrected chi connectivity index (χ3v) is 3.23. The van der Waals surface area contributed by atoms with Gasteiger partial charge in [-0.1, -0.05) is 12.1 Å². The highest BCUT2D eigenvalue weighted by Gasteiger charge is 2.11. The van der Waals surface area contributed by atoms with Crippen molar-refractivity contribution in [1.82, 2.24) is 5.32 Å². The minimum absolute atomic E-state index is 0.0632. The summed E-state index contributed by atoms with van der Waals surface area (Å²) in [7, 11) is 0. The maximum absolute atomic E-state index is 13.1. The highest BCUT2D eigenvalue weighted by Crippen LogP contribution is 2.13. The summed E-state index contributed by atoms with van der Waals surface area (Å²) >= 11 is 0. The number of nitrogens with one attached hydrogen (secondary N) is 1. The van der Waals surface area contributed by atoms with Crippen LogP contribution in [0.2, 0.25) is 0 Å². The Balaban J connectivity index is 1.78. The molecule has 2 aromatic carbocycles. The first kappa shape index (κ1) is 17.4. The van der Waals surface area contributed by atoms with E-state index in [-0.39, 0.29) is 13.2 Å². The largest absolute Gasteiger partial charge is 0.484 e. The molecule has 6 nitrogen and oxygen atoms in total. The molecule has 0 bridgehead atoms. The zero-order valence-electron chi connectivity index (χ0n) is 12.7. The van der Waals surface area contributed by atoms with Crippen molar-refractivity contribution in [2.45, 2.75) is 6.10 Å². The predicted octanol–water partition coefficient (Wildman–Crippen LogP) is 1.15. The van der Waals surface area contributed by atoms with Crippen molar-refractivity contribution >= 4 is 11.8 Å². The fourth-order valence-electron chi connectivity index (χ4n) is 1.96. The lowest BCUT2D eigenvalue weighted by Gasteiger charge is -2.13. The summed E-state index contributed by atoms with van der Waals surface area (Å²) in [6.45, 7) is -0.321. The number of nitrogens with two attached hydrogens (primary N) is 1. The number of amides is 2. The lowest BCUT2D eigenvalue weighted by atomic mass is 10.1. The number of carbonyl (C=O) groups excluding carboxylic acids is 2. The van der Waals surface area contributed by atoms with Crippen molar-refractivity contribution in [1.29, 1.82) is 0 Å². The van der Waals surface area contributed by atoms with E-state index in [1.165, 1.54) is 42.5 Å². The summed E-state index contributed by atoms with van der Waals surface area (Å²) < 4.78 is 18.3. The van der Waals surface area contributed by atoms with Crippen LogP contribution in [0.5, 0.6) is 5.75 Å². The smallest absolute Gasteiger partial charge is 0.258 e. The average molecular weight is 332 g/mol. The Morgan fingerprint density at radius 1 is 1.21 bits per heavy atom. The maximum Gasteiger partial charge on any atom is 0.258 e. The van der Waals surface area contributed by atoms with Crippen molar-refractivity contribution in [3.8, 4) is 5.75 Å². The highest BCUT2D eigenvalue weighted by atomic mass is 19.1. The first-order valence-electron chi connectivity index (χ1n) is 7.18. The Bertz CT molecular complexity index is 719. The van der Waals surface area contributed by atoms with Gasteiger partial charge in [0.2, 0.25) is 5.91 Å². The van der Waals surface area contributed by atoms with Crippen LogP contribution in [0.1, 0.15) is 22.0 Å². The van der Waals surface area contributed by atoms with Gasteiger partial charge in [0, 0.05) is 12.1 Å². The number of hydrogen-bond acceptors (Lipinski definition) is 4. The molecule has 2 amide bonds. The summed E-state index contributed by atoms with van der Waals surface area (Å²) in [6, 6.07) is 11.5. The molecular weight excluding hydrogens is 315 g/mol.